The van der Waals surface area contributed by atoms with Crippen LogP contribution in [-0.4, -0.2) is 11.0 Å². The average Bonchev–Trinajstić information content (AvgIpc) is 2.40. The van der Waals surface area contributed by atoms with Gasteiger partial charge in [-0.1, -0.05) is 13.8 Å². The van der Waals surface area contributed by atoms with Crippen molar-refractivity contribution in [3.05, 3.63) is 53.2 Å². The molecule has 0 atom stereocenters. The summed E-state index contributed by atoms with van der Waals surface area (Å²) >= 11 is 0. The summed E-state index contributed by atoms with van der Waals surface area (Å²) in [6.45, 7) is 6.58. The first-order chi connectivity index (χ1) is 9.94. The molecule has 0 saturated carbocycles. The molecule has 0 aliphatic rings. The van der Waals surface area contributed by atoms with E-state index >= 15 is 0 Å². The first-order valence-corrected chi connectivity index (χ1v) is 6.78. The van der Waals surface area contributed by atoms with Gasteiger partial charge >= 0.3 is 0 Å². The lowest BCUT2D eigenvalue weighted by Crippen LogP contribution is -2.21. The first-order valence-electron chi connectivity index (χ1n) is 6.78. The minimum Gasteiger partial charge on any atom is -0.436 e. The van der Waals surface area contributed by atoms with Gasteiger partial charge in [-0.3, -0.25) is 0 Å². The topological polar surface area (TPSA) is 34.1 Å². The summed E-state index contributed by atoms with van der Waals surface area (Å²) in [5.41, 5.74) is 1.73. The fourth-order valence-electron chi connectivity index (χ4n) is 1.85. The Balaban J connectivity index is 2.21. The van der Waals surface area contributed by atoms with Gasteiger partial charge in [0.1, 0.15) is 5.82 Å². The van der Waals surface area contributed by atoms with Crippen molar-refractivity contribution in [2.75, 3.05) is 0 Å². The van der Waals surface area contributed by atoms with E-state index in [2.05, 4.69) is 10.3 Å². The van der Waals surface area contributed by atoms with Crippen LogP contribution >= 0.6 is 0 Å². The van der Waals surface area contributed by atoms with Crippen molar-refractivity contribution in [1.82, 2.24) is 10.3 Å². The van der Waals surface area contributed by atoms with Gasteiger partial charge in [0.2, 0.25) is 5.88 Å². The zero-order valence-electron chi connectivity index (χ0n) is 12.3. The average molecular weight is 292 g/mol. The maximum absolute atomic E-state index is 13.6. The Labute approximate surface area is 123 Å². The van der Waals surface area contributed by atoms with E-state index in [9.17, 15) is 8.78 Å². The van der Waals surface area contributed by atoms with Crippen LogP contribution in [0.2, 0.25) is 0 Å². The highest BCUT2D eigenvalue weighted by atomic mass is 19.1. The Morgan fingerprint density at radius 2 is 1.95 bits per heavy atom. The number of pyridine rings is 1. The fourth-order valence-corrected chi connectivity index (χ4v) is 1.85. The van der Waals surface area contributed by atoms with Crippen LogP contribution in [-0.2, 0) is 6.54 Å². The lowest BCUT2D eigenvalue weighted by atomic mass is 10.2. The standard InChI is InChI=1S/C16H18F2N2O/c1-10(2)19-9-12-6-11(3)20-16(7-12)21-15-8-13(17)4-5-14(15)18/h4-8,10,19H,9H2,1-3H3. The Hall–Kier alpha value is -2.01. The number of benzene rings is 1. The lowest BCUT2D eigenvalue weighted by molar-refractivity contribution is 0.420. The summed E-state index contributed by atoms with van der Waals surface area (Å²) < 4.78 is 32.1. The van der Waals surface area contributed by atoms with Gasteiger partial charge in [-0.15, -0.1) is 0 Å². The number of halogens is 2. The van der Waals surface area contributed by atoms with Crippen molar-refractivity contribution in [3.63, 3.8) is 0 Å². The molecule has 1 aromatic heterocycles. The summed E-state index contributed by atoms with van der Waals surface area (Å²) in [4.78, 5) is 4.19. The number of aromatic nitrogens is 1. The highest BCUT2D eigenvalue weighted by molar-refractivity contribution is 5.32. The van der Waals surface area contributed by atoms with Crippen molar-refractivity contribution in [1.29, 1.82) is 0 Å². The van der Waals surface area contributed by atoms with Gasteiger partial charge in [0.05, 0.1) is 0 Å². The predicted molar refractivity (Wildman–Crippen MR) is 77.4 cm³/mol. The quantitative estimate of drug-likeness (QED) is 0.905. The SMILES string of the molecule is Cc1cc(CNC(C)C)cc(Oc2cc(F)ccc2F)n1. The van der Waals surface area contributed by atoms with E-state index in [-0.39, 0.29) is 11.6 Å². The minimum atomic E-state index is -0.624. The first kappa shape index (κ1) is 15.4. The van der Waals surface area contributed by atoms with Crippen LogP contribution in [0.5, 0.6) is 11.6 Å². The van der Waals surface area contributed by atoms with Crippen molar-refractivity contribution in [2.24, 2.45) is 0 Å². The van der Waals surface area contributed by atoms with E-state index in [0.717, 1.165) is 29.5 Å². The van der Waals surface area contributed by atoms with Gasteiger partial charge < -0.3 is 10.1 Å². The van der Waals surface area contributed by atoms with Crippen LogP contribution in [0.1, 0.15) is 25.1 Å². The van der Waals surface area contributed by atoms with Crippen LogP contribution in [0.3, 0.4) is 0 Å². The molecule has 0 aliphatic heterocycles. The number of rotatable bonds is 5. The summed E-state index contributed by atoms with van der Waals surface area (Å²) in [5, 5.41) is 3.28. The van der Waals surface area contributed by atoms with Crippen molar-refractivity contribution in [2.45, 2.75) is 33.4 Å². The molecular formula is C16H18F2N2O. The maximum atomic E-state index is 13.6. The molecule has 0 spiro atoms. The molecule has 0 bridgehead atoms. The van der Waals surface area contributed by atoms with Crippen LogP contribution < -0.4 is 10.1 Å². The van der Waals surface area contributed by atoms with E-state index in [1.807, 2.05) is 26.8 Å². The van der Waals surface area contributed by atoms with Gasteiger partial charge in [-0.05, 0) is 30.7 Å². The molecule has 3 nitrogen and oxygen atoms in total. The summed E-state index contributed by atoms with van der Waals surface area (Å²) in [6, 6.07) is 7.07. The molecule has 1 aromatic carbocycles. The Morgan fingerprint density at radius 3 is 2.67 bits per heavy atom. The number of nitrogens with zero attached hydrogens (tertiary/aromatic N) is 1. The van der Waals surface area contributed by atoms with E-state index in [1.165, 1.54) is 0 Å². The lowest BCUT2D eigenvalue weighted by Gasteiger charge is -2.11. The van der Waals surface area contributed by atoms with Gasteiger partial charge in [-0.2, -0.15) is 0 Å². The van der Waals surface area contributed by atoms with Gasteiger partial charge in [-0.25, -0.2) is 13.8 Å². The molecule has 1 heterocycles. The van der Waals surface area contributed by atoms with Crippen LogP contribution in [0.25, 0.3) is 0 Å². The Kier molecular flexibility index (Phi) is 4.85. The van der Waals surface area contributed by atoms with Crippen LogP contribution in [0.15, 0.2) is 30.3 Å². The third kappa shape index (κ3) is 4.49. The monoisotopic (exact) mass is 292 g/mol. The molecular weight excluding hydrogens is 274 g/mol. The second kappa shape index (κ2) is 6.63. The van der Waals surface area contributed by atoms with Crippen molar-refractivity contribution < 1.29 is 13.5 Å². The molecule has 0 aliphatic carbocycles. The normalized spacial score (nSPS) is 11.0. The zero-order chi connectivity index (χ0) is 15.4. The molecule has 1 N–H and O–H groups in total. The zero-order valence-corrected chi connectivity index (χ0v) is 12.3. The highest BCUT2D eigenvalue weighted by Crippen LogP contribution is 2.25. The second-order valence-electron chi connectivity index (χ2n) is 5.17. The largest absolute Gasteiger partial charge is 0.436 e. The van der Waals surface area contributed by atoms with Crippen LogP contribution in [0.4, 0.5) is 8.78 Å². The smallest absolute Gasteiger partial charge is 0.219 e. The Bertz CT molecular complexity index is 630. The van der Waals surface area contributed by atoms with E-state index in [0.29, 0.717) is 12.6 Å². The third-order valence-electron chi connectivity index (χ3n) is 2.81. The van der Waals surface area contributed by atoms with Crippen molar-refractivity contribution in [3.8, 4) is 11.6 Å². The Morgan fingerprint density at radius 1 is 1.19 bits per heavy atom. The molecule has 0 unspecified atom stereocenters. The number of aryl methyl sites for hydroxylation is 1. The molecule has 0 fully saturated rings. The number of ether oxygens (including phenoxy) is 1. The molecule has 0 amide bonds. The van der Waals surface area contributed by atoms with Gasteiger partial charge in [0.15, 0.2) is 11.6 Å². The number of nitrogens with one attached hydrogen (secondary N) is 1. The minimum absolute atomic E-state index is 0.170. The molecule has 0 radical (unpaired) electrons. The van der Waals surface area contributed by atoms with Gasteiger partial charge in [0.25, 0.3) is 0 Å². The fraction of sp³-hybridized carbons (Fsp3) is 0.312. The highest BCUT2D eigenvalue weighted by Gasteiger charge is 2.09. The number of hydrogen-bond donors (Lipinski definition) is 1. The molecule has 21 heavy (non-hydrogen) atoms. The summed E-state index contributed by atoms with van der Waals surface area (Å²) in [6.07, 6.45) is 0. The summed E-state index contributed by atoms with van der Waals surface area (Å²) in [7, 11) is 0. The third-order valence-corrected chi connectivity index (χ3v) is 2.81. The predicted octanol–water partition coefficient (Wildman–Crippen LogP) is 3.96. The van der Waals surface area contributed by atoms with Crippen molar-refractivity contribution >= 4 is 0 Å². The molecule has 2 rings (SSSR count). The summed E-state index contributed by atoms with van der Waals surface area (Å²) in [5.74, 6) is -1.10. The maximum Gasteiger partial charge on any atom is 0.219 e. The molecule has 5 heteroatoms. The molecule has 112 valence electrons. The second-order valence-corrected chi connectivity index (χ2v) is 5.17. The van der Waals surface area contributed by atoms with E-state index in [4.69, 9.17) is 4.74 Å². The number of hydrogen-bond acceptors (Lipinski definition) is 3. The van der Waals surface area contributed by atoms with E-state index < -0.39 is 11.6 Å². The van der Waals surface area contributed by atoms with Crippen LogP contribution in [0, 0.1) is 18.6 Å². The molecule has 2 aromatic rings. The van der Waals surface area contributed by atoms with E-state index in [1.54, 1.807) is 6.07 Å². The molecule has 0 saturated heterocycles. The van der Waals surface area contributed by atoms with Gasteiger partial charge in [0, 0.05) is 30.4 Å².